The van der Waals surface area contributed by atoms with E-state index in [2.05, 4.69) is 17.2 Å². The third kappa shape index (κ3) is 6.64. The smallest absolute Gasteiger partial charge is 0.328 e. The van der Waals surface area contributed by atoms with E-state index in [0.29, 0.717) is 19.3 Å². The molecule has 0 radical (unpaired) electrons. The summed E-state index contributed by atoms with van der Waals surface area (Å²) >= 11 is 0. The zero-order valence-electron chi connectivity index (χ0n) is 14.1. The summed E-state index contributed by atoms with van der Waals surface area (Å²) in [6.07, 6.45) is 2.95. The molecule has 2 atom stereocenters. The number of allylic oxidation sites excluding steroid dienone is 1. The molecule has 2 N–H and O–H groups in total. The molecule has 0 heterocycles. The molecule has 1 rings (SSSR count). The average molecular weight is 332 g/mol. The topological polar surface area (TPSA) is 84.5 Å². The number of rotatable bonds is 9. The van der Waals surface area contributed by atoms with Gasteiger partial charge in [-0.3, -0.25) is 9.59 Å². The van der Waals surface area contributed by atoms with Gasteiger partial charge in [-0.25, -0.2) is 4.79 Å². The maximum absolute atomic E-state index is 12.5. The lowest BCUT2D eigenvalue weighted by Gasteiger charge is -2.21. The predicted octanol–water partition coefficient (Wildman–Crippen LogP) is 1.36. The third-order valence-electron chi connectivity index (χ3n) is 3.44. The molecule has 0 saturated carbocycles. The molecule has 0 saturated heterocycles. The Bertz CT molecular complexity index is 572. The van der Waals surface area contributed by atoms with Gasteiger partial charge >= 0.3 is 5.97 Å². The predicted molar refractivity (Wildman–Crippen MR) is 91.1 cm³/mol. The van der Waals surface area contributed by atoms with Gasteiger partial charge in [-0.15, -0.1) is 6.58 Å². The van der Waals surface area contributed by atoms with Gasteiger partial charge in [-0.2, -0.15) is 0 Å². The second-order valence-electron chi connectivity index (χ2n) is 5.39. The number of nitrogens with one attached hydrogen (secondary N) is 2. The van der Waals surface area contributed by atoms with E-state index in [1.807, 2.05) is 30.3 Å². The Morgan fingerprint density at radius 3 is 2.38 bits per heavy atom. The average Bonchev–Trinajstić information content (AvgIpc) is 2.57. The van der Waals surface area contributed by atoms with Gasteiger partial charge in [0.25, 0.3) is 0 Å². The minimum atomic E-state index is -0.771. The van der Waals surface area contributed by atoms with Crippen LogP contribution in [0.2, 0.25) is 0 Å². The third-order valence-corrected chi connectivity index (χ3v) is 3.44. The summed E-state index contributed by atoms with van der Waals surface area (Å²) in [5, 5.41) is 5.28. The Labute approximate surface area is 142 Å². The van der Waals surface area contributed by atoms with E-state index >= 15 is 0 Å². The molecule has 0 fully saturated rings. The zero-order chi connectivity index (χ0) is 17.9. The number of carbonyl (C=O) groups is 3. The first kappa shape index (κ1) is 19.4. The number of esters is 1. The highest BCUT2D eigenvalue weighted by Crippen LogP contribution is 2.06. The zero-order valence-corrected chi connectivity index (χ0v) is 14.1. The fourth-order valence-electron chi connectivity index (χ4n) is 2.25. The largest absolute Gasteiger partial charge is 0.467 e. The number of hydrogen-bond donors (Lipinski definition) is 2. The fraction of sp³-hybridized carbons (Fsp3) is 0.389. The van der Waals surface area contributed by atoms with Crippen LogP contribution in [0.5, 0.6) is 0 Å². The van der Waals surface area contributed by atoms with Gasteiger partial charge in [-0.1, -0.05) is 36.4 Å². The standard InChI is InChI=1S/C18H24N2O4/c1-4-5-11-15(18(23)24-3)20-17(22)16(19-13(2)21)12-14-9-7-6-8-10-14/h4,6-10,15-16H,1,5,11-12H2,2-3H3,(H,19,21)(H,20,22)/t15-,16+/m1/s1. The molecule has 0 aliphatic heterocycles. The summed E-state index contributed by atoms with van der Waals surface area (Å²) in [5.41, 5.74) is 0.909. The summed E-state index contributed by atoms with van der Waals surface area (Å²) in [6, 6.07) is 7.81. The van der Waals surface area contributed by atoms with Crippen molar-refractivity contribution >= 4 is 17.8 Å². The van der Waals surface area contributed by atoms with Gasteiger partial charge in [0.05, 0.1) is 7.11 Å². The van der Waals surface area contributed by atoms with Crippen LogP contribution in [0.25, 0.3) is 0 Å². The van der Waals surface area contributed by atoms with Crippen molar-refractivity contribution in [3.8, 4) is 0 Å². The first-order chi connectivity index (χ1) is 11.5. The molecule has 0 aliphatic carbocycles. The lowest BCUT2D eigenvalue weighted by atomic mass is 10.0. The number of methoxy groups -OCH3 is 1. The summed E-state index contributed by atoms with van der Waals surface area (Å²) in [4.78, 5) is 35.7. The highest BCUT2D eigenvalue weighted by molar-refractivity contribution is 5.90. The Morgan fingerprint density at radius 2 is 1.83 bits per heavy atom. The summed E-state index contributed by atoms with van der Waals surface area (Å²) < 4.78 is 4.71. The highest BCUT2D eigenvalue weighted by atomic mass is 16.5. The monoisotopic (exact) mass is 332 g/mol. The molecule has 130 valence electrons. The van der Waals surface area contributed by atoms with Crippen LogP contribution in [0.3, 0.4) is 0 Å². The first-order valence-corrected chi connectivity index (χ1v) is 7.78. The number of carbonyl (C=O) groups excluding carboxylic acids is 3. The van der Waals surface area contributed by atoms with Crippen molar-refractivity contribution in [2.45, 2.75) is 38.3 Å². The molecule has 0 unspecified atom stereocenters. The van der Waals surface area contributed by atoms with Crippen LogP contribution in [-0.4, -0.2) is 37.0 Å². The van der Waals surface area contributed by atoms with Gasteiger partial charge < -0.3 is 15.4 Å². The SMILES string of the molecule is C=CCC[C@@H](NC(=O)[C@H](Cc1ccccc1)NC(C)=O)C(=O)OC. The van der Waals surface area contributed by atoms with Gasteiger partial charge in [0.2, 0.25) is 11.8 Å². The first-order valence-electron chi connectivity index (χ1n) is 7.78. The van der Waals surface area contributed by atoms with Crippen LogP contribution < -0.4 is 10.6 Å². The molecule has 1 aromatic rings. The maximum Gasteiger partial charge on any atom is 0.328 e. The van der Waals surface area contributed by atoms with E-state index in [1.54, 1.807) is 6.08 Å². The lowest BCUT2D eigenvalue weighted by molar-refractivity contribution is -0.145. The van der Waals surface area contributed by atoms with Crippen LogP contribution in [0, 0.1) is 0 Å². The molecular weight excluding hydrogens is 308 g/mol. The minimum Gasteiger partial charge on any atom is -0.467 e. The molecule has 0 spiro atoms. The van der Waals surface area contributed by atoms with Crippen LogP contribution in [0.1, 0.15) is 25.3 Å². The van der Waals surface area contributed by atoms with Crippen LogP contribution in [-0.2, 0) is 25.5 Å². The second-order valence-corrected chi connectivity index (χ2v) is 5.39. The maximum atomic E-state index is 12.5. The van der Waals surface area contributed by atoms with E-state index in [9.17, 15) is 14.4 Å². The molecule has 24 heavy (non-hydrogen) atoms. The molecule has 6 heteroatoms. The Kier molecular flexibility index (Phi) is 8.25. The van der Waals surface area contributed by atoms with Crippen molar-refractivity contribution in [3.05, 3.63) is 48.6 Å². The number of benzene rings is 1. The van der Waals surface area contributed by atoms with E-state index in [-0.39, 0.29) is 5.91 Å². The molecule has 0 bridgehead atoms. The Hall–Kier alpha value is -2.63. The van der Waals surface area contributed by atoms with Gasteiger partial charge in [0, 0.05) is 13.3 Å². The van der Waals surface area contributed by atoms with Gasteiger partial charge in [-0.05, 0) is 18.4 Å². The van der Waals surface area contributed by atoms with Crippen molar-refractivity contribution in [1.82, 2.24) is 10.6 Å². The van der Waals surface area contributed by atoms with Crippen molar-refractivity contribution in [3.63, 3.8) is 0 Å². The number of ether oxygens (including phenoxy) is 1. The quantitative estimate of drug-likeness (QED) is 0.528. The van der Waals surface area contributed by atoms with Crippen molar-refractivity contribution in [1.29, 1.82) is 0 Å². The fourth-order valence-corrected chi connectivity index (χ4v) is 2.25. The van der Waals surface area contributed by atoms with E-state index in [4.69, 9.17) is 4.74 Å². The molecule has 6 nitrogen and oxygen atoms in total. The molecule has 0 aromatic heterocycles. The van der Waals surface area contributed by atoms with Crippen LogP contribution in [0.15, 0.2) is 43.0 Å². The van der Waals surface area contributed by atoms with E-state index in [0.717, 1.165) is 5.56 Å². The van der Waals surface area contributed by atoms with Crippen molar-refractivity contribution in [2.75, 3.05) is 7.11 Å². The van der Waals surface area contributed by atoms with Crippen LogP contribution in [0.4, 0.5) is 0 Å². The second kappa shape index (κ2) is 10.2. The lowest BCUT2D eigenvalue weighted by Crippen LogP contribution is -2.52. The summed E-state index contributed by atoms with van der Waals surface area (Å²) in [7, 11) is 1.27. The molecule has 2 amide bonds. The molecule has 1 aromatic carbocycles. The Morgan fingerprint density at radius 1 is 1.17 bits per heavy atom. The number of hydrogen-bond acceptors (Lipinski definition) is 4. The van der Waals surface area contributed by atoms with E-state index < -0.39 is 24.0 Å². The van der Waals surface area contributed by atoms with Gasteiger partial charge in [0.1, 0.15) is 12.1 Å². The minimum absolute atomic E-state index is 0.313. The normalized spacial score (nSPS) is 12.6. The Balaban J connectivity index is 2.83. The highest BCUT2D eigenvalue weighted by Gasteiger charge is 2.26. The van der Waals surface area contributed by atoms with Gasteiger partial charge in [0.15, 0.2) is 0 Å². The summed E-state index contributed by atoms with van der Waals surface area (Å²) in [6.45, 7) is 4.95. The molecule has 0 aliphatic rings. The van der Waals surface area contributed by atoms with E-state index in [1.165, 1.54) is 14.0 Å². The summed E-state index contributed by atoms with van der Waals surface area (Å²) in [5.74, 6) is -1.26. The van der Waals surface area contributed by atoms with Crippen LogP contribution >= 0.6 is 0 Å². The number of amides is 2. The van der Waals surface area contributed by atoms with Crippen molar-refractivity contribution < 1.29 is 19.1 Å². The van der Waals surface area contributed by atoms with Crippen molar-refractivity contribution in [2.24, 2.45) is 0 Å². The molecular formula is C18H24N2O4.